The van der Waals surface area contributed by atoms with Crippen LogP contribution in [0.15, 0.2) is 35.5 Å². The summed E-state index contributed by atoms with van der Waals surface area (Å²) in [5.74, 6) is 0.604. The SMILES string of the molecule is Cc1nc(S(=O)(=O)NCc2ccc(C(=N)N)cc2)cn1C. The van der Waals surface area contributed by atoms with Gasteiger partial charge in [0.1, 0.15) is 11.7 Å². The van der Waals surface area contributed by atoms with E-state index >= 15 is 0 Å². The minimum Gasteiger partial charge on any atom is -0.384 e. The van der Waals surface area contributed by atoms with Crippen molar-refractivity contribution in [1.29, 1.82) is 5.41 Å². The normalized spacial score (nSPS) is 11.5. The Kier molecular flexibility index (Phi) is 4.10. The summed E-state index contributed by atoms with van der Waals surface area (Å²) in [6, 6.07) is 6.81. The van der Waals surface area contributed by atoms with E-state index in [1.807, 2.05) is 0 Å². The number of rotatable bonds is 5. The summed E-state index contributed by atoms with van der Waals surface area (Å²) >= 11 is 0. The molecule has 0 unspecified atom stereocenters. The molecule has 0 saturated carbocycles. The highest BCUT2D eigenvalue weighted by molar-refractivity contribution is 7.89. The van der Waals surface area contributed by atoms with Crippen molar-refractivity contribution in [2.75, 3.05) is 0 Å². The second-order valence-electron chi connectivity index (χ2n) is 4.67. The van der Waals surface area contributed by atoms with Gasteiger partial charge < -0.3 is 10.3 Å². The molecule has 2 aromatic rings. The molecule has 0 fully saturated rings. The van der Waals surface area contributed by atoms with Gasteiger partial charge >= 0.3 is 0 Å². The van der Waals surface area contributed by atoms with Crippen molar-refractivity contribution >= 4 is 15.9 Å². The van der Waals surface area contributed by atoms with E-state index in [1.165, 1.54) is 6.20 Å². The Bertz CT molecular complexity index is 743. The molecule has 2 rings (SSSR count). The molecule has 0 amide bonds. The Morgan fingerprint density at radius 2 is 2.00 bits per heavy atom. The fourth-order valence-electron chi connectivity index (χ4n) is 1.71. The second-order valence-corrected chi connectivity index (χ2v) is 6.39. The minimum atomic E-state index is -3.64. The predicted octanol–water partition coefficient (Wildman–Crippen LogP) is 0.491. The number of nitrogen functional groups attached to an aromatic ring is 1. The lowest BCUT2D eigenvalue weighted by Gasteiger charge is -2.05. The first kappa shape index (κ1) is 15.2. The number of nitrogens with one attached hydrogen (secondary N) is 2. The summed E-state index contributed by atoms with van der Waals surface area (Å²) in [5.41, 5.74) is 6.73. The third-order valence-electron chi connectivity index (χ3n) is 3.09. The molecule has 0 atom stereocenters. The molecular formula is C13H17N5O2S. The van der Waals surface area contributed by atoms with Crippen LogP contribution in [0.5, 0.6) is 0 Å². The highest BCUT2D eigenvalue weighted by atomic mass is 32.2. The number of sulfonamides is 1. The van der Waals surface area contributed by atoms with E-state index in [-0.39, 0.29) is 17.4 Å². The van der Waals surface area contributed by atoms with Gasteiger partial charge in [0.15, 0.2) is 5.03 Å². The molecule has 0 bridgehead atoms. The lowest BCUT2D eigenvalue weighted by molar-refractivity contribution is 0.578. The summed E-state index contributed by atoms with van der Waals surface area (Å²) in [7, 11) is -1.90. The van der Waals surface area contributed by atoms with Gasteiger partial charge in [-0.15, -0.1) is 0 Å². The van der Waals surface area contributed by atoms with Gasteiger partial charge in [-0.3, -0.25) is 5.41 Å². The number of aromatic nitrogens is 2. The van der Waals surface area contributed by atoms with Gasteiger partial charge in [-0.25, -0.2) is 18.1 Å². The number of amidine groups is 1. The molecule has 8 heteroatoms. The smallest absolute Gasteiger partial charge is 0.259 e. The van der Waals surface area contributed by atoms with Gasteiger partial charge in [-0.05, 0) is 12.5 Å². The first-order chi connectivity index (χ1) is 9.79. The summed E-state index contributed by atoms with van der Waals surface area (Å²) in [6.45, 7) is 1.88. The van der Waals surface area contributed by atoms with E-state index in [2.05, 4.69) is 9.71 Å². The van der Waals surface area contributed by atoms with Gasteiger partial charge in [-0.2, -0.15) is 0 Å². The maximum atomic E-state index is 12.1. The Morgan fingerprint density at radius 1 is 1.38 bits per heavy atom. The van der Waals surface area contributed by atoms with Crippen LogP contribution in [-0.4, -0.2) is 23.8 Å². The Labute approximate surface area is 123 Å². The molecule has 0 aliphatic carbocycles. The Balaban J connectivity index is 2.09. The quantitative estimate of drug-likeness (QED) is 0.551. The standard InChI is InChI=1S/C13H17N5O2S/c1-9-17-12(8-18(9)2)21(19,20)16-7-10-3-5-11(6-4-10)13(14)15/h3-6,8,16H,7H2,1-2H3,(H3,14,15). The number of imidazole rings is 1. The van der Waals surface area contributed by atoms with Gasteiger partial charge in [0, 0.05) is 25.4 Å². The molecule has 21 heavy (non-hydrogen) atoms. The van der Waals surface area contributed by atoms with Crippen molar-refractivity contribution < 1.29 is 8.42 Å². The zero-order valence-electron chi connectivity index (χ0n) is 11.8. The van der Waals surface area contributed by atoms with Crippen molar-refractivity contribution in [3.8, 4) is 0 Å². The number of hydrogen-bond donors (Lipinski definition) is 3. The van der Waals surface area contributed by atoms with Crippen LogP contribution in [0.1, 0.15) is 17.0 Å². The summed E-state index contributed by atoms with van der Waals surface area (Å²) < 4.78 is 28.4. The maximum absolute atomic E-state index is 12.1. The fourth-order valence-corrected chi connectivity index (χ4v) is 2.76. The molecular weight excluding hydrogens is 290 g/mol. The van der Waals surface area contributed by atoms with Crippen LogP contribution in [0.25, 0.3) is 0 Å². The molecule has 0 spiro atoms. The number of aryl methyl sites for hydroxylation is 2. The number of benzene rings is 1. The molecule has 7 nitrogen and oxygen atoms in total. The van der Waals surface area contributed by atoms with E-state index in [4.69, 9.17) is 11.1 Å². The lowest BCUT2D eigenvalue weighted by atomic mass is 10.1. The van der Waals surface area contributed by atoms with E-state index in [9.17, 15) is 8.42 Å². The molecule has 0 aliphatic rings. The van der Waals surface area contributed by atoms with Gasteiger partial charge in [0.2, 0.25) is 0 Å². The van der Waals surface area contributed by atoms with E-state index in [0.29, 0.717) is 11.4 Å². The second kappa shape index (κ2) is 5.66. The molecule has 112 valence electrons. The highest BCUT2D eigenvalue weighted by Gasteiger charge is 2.17. The maximum Gasteiger partial charge on any atom is 0.259 e. The highest BCUT2D eigenvalue weighted by Crippen LogP contribution is 2.09. The third-order valence-corrected chi connectivity index (χ3v) is 4.36. The molecule has 4 N–H and O–H groups in total. The third kappa shape index (κ3) is 3.47. The largest absolute Gasteiger partial charge is 0.384 e. The van der Waals surface area contributed by atoms with Gasteiger partial charge in [0.25, 0.3) is 10.0 Å². The average Bonchev–Trinajstić information content (AvgIpc) is 2.78. The van der Waals surface area contributed by atoms with Crippen LogP contribution in [-0.2, 0) is 23.6 Å². The zero-order valence-corrected chi connectivity index (χ0v) is 12.6. The van der Waals surface area contributed by atoms with Crippen molar-refractivity contribution in [1.82, 2.24) is 14.3 Å². The average molecular weight is 307 g/mol. The molecule has 0 aliphatic heterocycles. The van der Waals surface area contributed by atoms with Crippen LogP contribution in [0.3, 0.4) is 0 Å². The monoisotopic (exact) mass is 307 g/mol. The van der Waals surface area contributed by atoms with Crippen LogP contribution in [0, 0.1) is 12.3 Å². The van der Waals surface area contributed by atoms with E-state index < -0.39 is 10.0 Å². The Morgan fingerprint density at radius 3 is 2.48 bits per heavy atom. The summed E-state index contributed by atoms with van der Waals surface area (Å²) in [6.07, 6.45) is 1.47. The summed E-state index contributed by atoms with van der Waals surface area (Å²) in [5, 5.41) is 7.30. The fraction of sp³-hybridized carbons (Fsp3) is 0.231. The molecule has 0 radical (unpaired) electrons. The van der Waals surface area contributed by atoms with E-state index in [0.717, 1.165) is 5.56 Å². The molecule has 1 heterocycles. The van der Waals surface area contributed by atoms with Crippen LogP contribution >= 0.6 is 0 Å². The first-order valence-electron chi connectivity index (χ1n) is 6.22. The Hall–Kier alpha value is -2.19. The topological polar surface area (TPSA) is 114 Å². The minimum absolute atomic E-state index is 0.00264. The number of nitrogens with two attached hydrogens (primary N) is 1. The van der Waals surface area contributed by atoms with Gasteiger partial charge in [0.05, 0.1) is 0 Å². The first-order valence-corrected chi connectivity index (χ1v) is 7.71. The predicted molar refractivity (Wildman–Crippen MR) is 79.4 cm³/mol. The summed E-state index contributed by atoms with van der Waals surface area (Å²) in [4.78, 5) is 4.00. The molecule has 1 aromatic carbocycles. The van der Waals surface area contributed by atoms with Crippen LogP contribution in [0.2, 0.25) is 0 Å². The number of hydrogen-bond acceptors (Lipinski definition) is 4. The van der Waals surface area contributed by atoms with E-state index in [1.54, 1.807) is 42.8 Å². The van der Waals surface area contributed by atoms with Crippen molar-refractivity contribution in [2.45, 2.75) is 18.5 Å². The van der Waals surface area contributed by atoms with Gasteiger partial charge in [-0.1, -0.05) is 24.3 Å². The lowest BCUT2D eigenvalue weighted by Crippen LogP contribution is -2.23. The van der Waals surface area contributed by atoms with Crippen molar-refractivity contribution in [3.63, 3.8) is 0 Å². The zero-order chi connectivity index (χ0) is 15.6. The molecule has 1 aromatic heterocycles. The van der Waals surface area contributed by atoms with Crippen molar-refractivity contribution in [3.05, 3.63) is 47.4 Å². The van der Waals surface area contributed by atoms with Crippen molar-refractivity contribution in [2.24, 2.45) is 12.8 Å². The van der Waals surface area contributed by atoms with Crippen LogP contribution in [0.4, 0.5) is 0 Å². The van der Waals surface area contributed by atoms with Crippen LogP contribution < -0.4 is 10.5 Å². The number of nitrogens with zero attached hydrogens (tertiary/aromatic N) is 2. The molecule has 0 saturated heterocycles.